The van der Waals surface area contributed by atoms with E-state index in [4.69, 9.17) is 8.83 Å². The number of carbonyl (C=O) groups is 1. The molecule has 0 bridgehead atoms. The predicted octanol–water partition coefficient (Wildman–Crippen LogP) is 2.88. The summed E-state index contributed by atoms with van der Waals surface area (Å²) in [6.07, 6.45) is 5.11. The molecule has 0 spiro atoms. The summed E-state index contributed by atoms with van der Waals surface area (Å²) in [6, 6.07) is 7.30. The Hall–Kier alpha value is -3.00. The van der Waals surface area contributed by atoms with Gasteiger partial charge < -0.3 is 14.2 Å². The van der Waals surface area contributed by atoms with Crippen LogP contribution in [0.1, 0.15) is 24.3 Å². The van der Waals surface area contributed by atoms with Gasteiger partial charge in [0.25, 0.3) is 5.89 Å². The monoisotopic (exact) mass is 367 g/mol. The first-order valence-corrected chi connectivity index (χ1v) is 8.99. The molecule has 1 atom stereocenters. The minimum atomic E-state index is -0.0886. The van der Waals surface area contributed by atoms with Gasteiger partial charge in [-0.2, -0.15) is 0 Å². The van der Waals surface area contributed by atoms with Crippen molar-refractivity contribution in [1.29, 1.82) is 0 Å². The predicted molar refractivity (Wildman–Crippen MR) is 97.6 cm³/mol. The first-order valence-electron chi connectivity index (χ1n) is 8.99. The van der Waals surface area contributed by atoms with Crippen LogP contribution < -0.4 is 5.32 Å². The number of aromatic nitrogens is 3. The first kappa shape index (κ1) is 17.4. The lowest BCUT2D eigenvalue weighted by molar-refractivity contribution is -0.121. The van der Waals surface area contributed by atoms with Crippen molar-refractivity contribution in [2.24, 2.45) is 5.92 Å². The Morgan fingerprint density at radius 3 is 3.04 bits per heavy atom. The van der Waals surface area contributed by atoms with Gasteiger partial charge in [-0.25, -0.2) is 4.98 Å². The quantitative estimate of drug-likeness (QED) is 0.740. The molecule has 1 unspecified atom stereocenters. The number of aryl methyl sites for hydroxylation is 1. The lowest BCUT2D eigenvalue weighted by atomic mass is 9.97. The fraction of sp³-hybridized carbons (Fsp3) is 0.368. The van der Waals surface area contributed by atoms with Gasteiger partial charge in [0, 0.05) is 12.7 Å². The van der Waals surface area contributed by atoms with Crippen LogP contribution in [0.3, 0.4) is 0 Å². The van der Waals surface area contributed by atoms with Crippen molar-refractivity contribution in [3.8, 4) is 11.7 Å². The largest absolute Gasteiger partial charge is 0.459 e. The van der Waals surface area contributed by atoms with Crippen molar-refractivity contribution in [2.45, 2.75) is 26.3 Å². The van der Waals surface area contributed by atoms with Crippen LogP contribution in [0, 0.1) is 12.8 Å². The molecule has 0 aliphatic carbocycles. The van der Waals surface area contributed by atoms with Gasteiger partial charge >= 0.3 is 0 Å². The summed E-state index contributed by atoms with van der Waals surface area (Å²) >= 11 is 0. The molecule has 3 aromatic heterocycles. The van der Waals surface area contributed by atoms with Crippen molar-refractivity contribution >= 4 is 11.7 Å². The molecule has 140 valence electrons. The van der Waals surface area contributed by atoms with Crippen molar-refractivity contribution in [3.05, 3.63) is 48.2 Å². The van der Waals surface area contributed by atoms with Gasteiger partial charge in [0.05, 0.1) is 18.7 Å². The average molecular weight is 367 g/mol. The van der Waals surface area contributed by atoms with Crippen molar-refractivity contribution in [3.63, 3.8) is 0 Å². The Balaban J connectivity index is 1.35. The molecule has 1 aliphatic rings. The molecule has 8 heteroatoms. The van der Waals surface area contributed by atoms with E-state index in [0.29, 0.717) is 36.4 Å². The van der Waals surface area contributed by atoms with Crippen LogP contribution in [0.5, 0.6) is 0 Å². The number of amides is 1. The van der Waals surface area contributed by atoms with E-state index in [0.717, 1.165) is 24.9 Å². The van der Waals surface area contributed by atoms with Crippen LogP contribution in [0.15, 0.2) is 45.6 Å². The second-order valence-electron chi connectivity index (χ2n) is 6.76. The number of piperidine rings is 1. The number of nitrogens with one attached hydrogen (secondary N) is 1. The molecule has 27 heavy (non-hydrogen) atoms. The highest BCUT2D eigenvalue weighted by Crippen LogP contribution is 2.22. The number of nitrogens with zero attached hydrogens (tertiary/aromatic N) is 4. The zero-order valence-electron chi connectivity index (χ0n) is 15.1. The van der Waals surface area contributed by atoms with E-state index < -0.39 is 0 Å². The summed E-state index contributed by atoms with van der Waals surface area (Å²) in [6.45, 7) is 4.02. The Labute approximate surface area is 156 Å². The minimum Gasteiger partial charge on any atom is -0.459 e. The second-order valence-corrected chi connectivity index (χ2v) is 6.76. The van der Waals surface area contributed by atoms with E-state index in [2.05, 4.69) is 25.4 Å². The average Bonchev–Trinajstić information content (AvgIpc) is 3.35. The molecule has 0 radical (unpaired) electrons. The van der Waals surface area contributed by atoms with E-state index in [1.54, 1.807) is 24.6 Å². The number of likely N-dealkylation sites (tertiary alicyclic amines) is 1. The number of hydrogen-bond acceptors (Lipinski definition) is 7. The number of pyridine rings is 1. The van der Waals surface area contributed by atoms with Crippen LogP contribution >= 0.6 is 0 Å². The Bertz CT molecular complexity index is 888. The van der Waals surface area contributed by atoms with E-state index >= 15 is 0 Å². The lowest BCUT2D eigenvalue weighted by Crippen LogP contribution is -2.40. The van der Waals surface area contributed by atoms with Crippen LogP contribution in [-0.4, -0.2) is 39.1 Å². The number of carbonyl (C=O) groups excluding carboxylic acids is 1. The molecule has 4 heterocycles. The number of anilines is 1. The van der Waals surface area contributed by atoms with Gasteiger partial charge in [-0.15, -0.1) is 10.2 Å². The van der Waals surface area contributed by atoms with Crippen LogP contribution in [0.25, 0.3) is 11.7 Å². The normalized spacial score (nSPS) is 17.7. The molecule has 1 saturated heterocycles. The standard InChI is InChI=1S/C19H21N5O3/c1-13-6-7-16(20-10-13)21-18(25)14-4-2-8-24(11-14)12-17-22-23-19(27-17)15-5-3-9-26-15/h3,5-7,9-10,14H,2,4,8,11-12H2,1H3,(H,20,21,25). The molecule has 1 N–H and O–H groups in total. The third kappa shape index (κ3) is 4.22. The summed E-state index contributed by atoms with van der Waals surface area (Å²) in [5, 5.41) is 11.0. The maximum absolute atomic E-state index is 12.6. The molecule has 1 amide bonds. The third-order valence-electron chi connectivity index (χ3n) is 4.60. The van der Waals surface area contributed by atoms with Crippen molar-refractivity contribution in [2.75, 3.05) is 18.4 Å². The molecule has 3 aromatic rings. The molecule has 0 saturated carbocycles. The zero-order chi connectivity index (χ0) is 18.6. The molecule has 1 aliphatic heterocycles. The van der Waals surface area contributed by atoms with E-state index in [-0.39, 0.29) is 11.8 Å². The van der Waals surface area contributed by atoms with Gasteiger partial charge in [0.1, 0.15) is 5.82 Å². The minimum absolute atomic E-state index is 0.00198. The number of rotatable bonds is 5. The fourth-order valence-corrected chi connectivity index (χ4v) is 3.19. The Morgan fingerprint density at radius 2 is 2.26 bits per heavy atom. The molecule has 4 rings (SSSR count). The Kier molecular flexibility index (Phi) is 4.97. The van der Waals surface area contributed by atoms with E-state index in [9.17, 15) is 4.79 Å². The van der Waals surface area contributed by atoms with Crippen LogP contribution in [0.4, 0.5) is 5.82 Å². The molecular weight excluding hydrogens is 346 g/mol. The van der Waals surface area contributed by atoms with E-state index in [1.165, 1.54) is 0 Å². The van der Waals surface area contributed by atoms with Gasteiger partial charge in [0.15, 0.2) is 5.76 Å². The summed E-state index contributed by atoms with van der Waals surface area (Å²) in [5.74, 6) is 1.93. The summed E-state index contributed by atoms with van der Waals surface area (Å²) < 4.78 is 10.9. The molecule has 1 fully saturated rings. The van der Waals surface area contributed by atoms with Crippen LogP contribution in [-0.2, 0) is 11.3 Å². The van der Waals surface area contributed by atoms with Gasteiger partial charge in [-0.1, -0.05) is 6.07 Å². The first-order chi connectivity index (χ1) is 13.2. The summed E-state index contributed by atoms with van der Waals surface area (Å²) in [4.78, 5) is 19.0. The van der Waals surface area contributed by atoms with Gasteiger partial charge in [0.2, 0.25) is 11.8 Å². The lowest BCUT2D eigenvalue weighted by Gasteiger charge is -2.30. The van der Waals surface area contributed by atoms with Crippen molar-refractivity contribution in [1.82, 2.24) is 20.1 Å². The molecular formula is C19H21N5O3. The van der Waals surface area contributed by atoms with Crippen molar-refractivity contribution < 1.29 is 13.6 Å². The zero-order valence-corrected chi connectivity index (χ0v) is 15.1. The topological polar surface area (TPSA) is 97.3 Å². The van der Waals surface area contributed by atoms with Gasteiger partial charge in [-0.05, 0) is 50.1 Å². The smallest absolute Gasteiger partial charge is 0.283 e. The van der Waals surface area contributed by atoms with Gasteiger partial charge in [-0.3, -0.25) is 9.69 Å². The fourth-order valence-electron chi connectivity index (χ4n) is 3.19. The third-order valence-corrected chi connectivity index (χ3v) is 4.60. The summed E-state index contributed by atoms with van der Waals surface area (Å²) in [5.41, 5.74) is 1.06. The molecule has 0 aromatic carbocycles. The Morgan fingerprint density at radius 1 is 1.33 bits per heavy atom. The summed E-state index contributed by atoms with van der Waals surface area (Å²) in [7, 11) is 0. The number of furan rings is 1. The SMILES string of the molecule is Cc1ccc(NC(=O)C2CCCN(Cc3nnc(-c4ccco4)o3)C2)nc1. The number of hydrogen-bond donors (Lipinski definition) is 1. The molecule has 8 nitrogen and oxygen atoms in total. The highest BCUT2D eigenvalue weighted by Gasteiger charge is 2.27. The maximum atomic E-state index is 12.6. The van der Waals surface area contributed by atoms with E-state index in [1.807, 2.05) is 19.1 Å². The second kappa shape index (κ2) is 7.71. The highest BCUT2D eigenvalue weighted by molar-refractivity contribution is 5.91. The highest BCUT2D eigenvalue weighted by atomic mass is 16.4. The van der Waals surface area contributed by atoms with Crippen LogP contribution in [0.2, 0.25) is 0 Å². The maximum Gasteiger partial charge on any atom is 0.283 e.